The Kier molecular flexibility index (Phi) is 5.17. The highest BCUT2D eigenvalue weighted by Gasteiger charge is 2.13. The van der Waals surface area contributed by atoms with Crippen molar-refractivity contribution in [1.29, 1.82) is 0 Å². The highest BCUT2D eigenvalue weighted by Crippen LogP contribution is 2.14. The molecule has 0 saturated carbocycles. The van der Waals surface area contributed by atoms with Gasteiger partial charge in [-0.15, -0.1) is 0 Å². The number of likely N-dealkylation sites (N-methyl/N-ethyl adjacent to an activating group) is 1. The highest BCUT2D eigenvalue weighted by molar-refractivity contribution is 5.80. The van der Waals surface area contributed by atoms with Crippen LogP contribution in [0.3, 0.4) is 0 Å². The van der Waals surface area contributed by atoms with Crippen molar-refractivity contribution in [3.8, 4) is 5.75 Å². The average molecular weight is 251 g/mol. The molecule has 0 aromatic heterocycles. The lowest BCUT2D eigenvalue weighted by Gasteiger charge is -2.14. The van der Waals surface area contributed by atoms with Gasteiger partial charge in [-0.2, -0.15) is 0 Å². The number of nitrogens with one attached hydrogen (secondary N) is 1. The van der Waals surface area contributed by atoms with Crippen LogP contribution in [-0.2, 0) is 16.0 Å². The van der Waals surface area contributed by atoms with Gasteiger partial charge in [-0.25, -0.2) is 0 Å². The number of carbonyl (C=O) groups excluding carboxylic acids is 1. The first-order valence-corrected chi connectivity index (χ1v) is 5.78. The lowest BCUT2D eigenvalue weighted by molar-refractivity contribution is -0.136. The van der Waals surface area contributed by atoms with E-state index in [4.69, 9.17) is 9.84 Å². The Balaban J connectivity index is 2.58. The van der Waals surface area contributed by atoms with Crippen molar-refractivity contribution >= 4 is 11.9 Å². The number of benzene rings is 1. The maximum Gasteiger partial charge on any atom is 0.307 e. The predicted molar refractivity (Wildman–Crippen MR) is 66.6 cm³/mol. The number of amides is 1. The molecule has 5 heteroatoms. The molecule has 1 rings (SSSR count). The van der Waals surface area contributed by atoms with E-state index in [0.29, 0.717) is 17.9 Å². The van der Waals surface area contributed by atoms with Gasteiger partial charge in [-0.3, -0.25) is 9.59 Å². The molecule has 0 radical (unpaired) electrons. The molecule has 0 saturated heterocycles. The first-order valence-electron chi connectivity index (χ1n) is 5.78. The summed E-state index contributed by atoms with van der Waals surface area (Å²) >= 11 is 0. The van der Waals surface area contributed by atoms with E-state index < -0.39 is 12.1 Å². The highest BCUT2D eigenvalue weighted by atomic mass is 16.5. The molecule has 0 aliphatic heterocycles. The number of carboxylic acid groups (broad SMARTS) is 1. The summed E-state index contributed by atoms with van der Waals surface area (Å²) in [6.07, 6.45) is -0.595. The van der Waals surface area contributed by atoms with Crippen LogP contribution in [0.2, 0.25) is 0 Å². The third kappa shape index (κ3) is 4.45. The maximum absolute atomic E-state index is 11.4. The first kappa shape index (κ1) is 14.0. The van der Waals surface area contributed by atoms with Crippen LogP contribution in [0.15, 0.2) is 24.3 Å². The Hall–Kier alpha value is -2.04. The van der Waals surface area contributed by atoms with E-state index in [0.717, 1.165) is 0 Å². The number of ether oxygens (including phenoxy) is 1. The fourth-order valence-electron chi connectivity index (χ4n) is 1.44. The Morgan fingerprint density at radius 2 is 1.94 bits per heavy atom. The molecule has 98 valence electrons. The Morgan fingerprint density at radius 3 is 2.44 bits per heavy atom. The van der Waals surface area contributed by atoms with Crippen LogP contribution < -0.4 is 10.1 Å². The van der Waals surface area contributed by atoms with Crippen LogP contribution in [0.4, 0.5) is 0 Å². The molecule has 1 amide bonds. The molecule has 0 fully saturated rings. The topological polar surface area (TPSA) is 75.6 Å². The van der Waals surface area contributed by atoms with E-state index >= 15 is 0 Å². The summed E-state index contributed by atoms with van der Waals surface area (Å²) in [7, 11) is 0. The van der Waals surface area contributed by atoms with Crippen molar-refractivity contribution in [2.24, 2.45) is 0 Å². The molecule has 1 unspecified atom stereocenters. The number of aliphatic carboxylic acids is 1. The summed E-state index contributed by atoms with van der Waals surface area (Å²) in [4.78, 5) is 22.0. The van der Waals surface area contributed by atoms with E-state index in [2.05, 4.69) is 5.32 Å². The van der Waals surface area contributed by atoms with Gasteiger partial charge in [0.15, 0.2) is 6.10 Å². The van der Waals surface area contributed by atoms with Gasteiger partial charge in [0, 0.05) is 6.54 Å². The molecule has 1 atom stereocenters. The van der Waals surface area contributed by atoms with Gasteiger partial charge in [0.2, 0.25) is 0 Å². The molecule has 0 heterocycles. The van der Waals surface area contributed by atoms with Crippen molar-refractivity contribution in [3.63, 3.8) is 0 Å². The summed E-state index contributed by atoms with van der Waals surface area (Å²) in [6, 6.07) is 6.67. The normalized spacial score (nSPS) is 11.7. The van der Waals surface area contributed by atoms with Crippen LogP contribution >= 0.6 is 0 Å². The van der Waals surface area contributed by atoms with Gasteiger partial charge in [-0.05, 0) is 31.5 Å². The minimum Gasteiger partial charge on any atom is -0.481 e. The zero-order valence-electron chi connectivity index (χ0n) is 10.5. The van der Waals surface area contributed by atoms with Crippen LogP contribution in [-0.4, -0.2) is 29.6 Å². The molecule has 5 nitrogen and oxygen atoms in total. The Labute approximate surface area is 106 Å². The first-order chi connectivity index (χ1) is 8.52. The monoisotopic (exact) mass is 251 g/mol. The predicted octanol–water partition coefficient (Wildman–Crippen LogP) is 1.22. The van der Waals surface area contributed by atoms with Gasteiger partial charge in [0.1, 0.15) is 5.75 Å². The number of rotatable bonds is 6. The smallest absolute Gasteiger partial charge is 0.307 e. The van der Waals surface area contributed by atoms with Gasteiger partial charge < -0.3 is 15.2 Å². The molecule has 0 aliphatic carbocycles. The standard InChI is InChI=1S/C13H17NO4/c1-3-14-13(17)9(2)18-11-6-4-10(5-7-11)8-12(15)16/h4-7,9H,3,8H2,1-2H3,(H,14,17)(H,15,16). The Bertz CT molecular complexity index is 414. The molecule has 1 aromatic carbocycles. The molecule has 0 spiro atoms. The van der Waals surface area contributed by atoms with E-state index in [1.54, 1.807) is 31.2 Å². The van der Waals surface area contributed by atoms with Crippen molar-refractivity contribution in [3.05, 3.63) is 29.8 Å². The van der Waals surface area contributed by atoms with E-state index in [9.17, 15) is 9.59 Å². The number of carbonyl (C=O) groups is 2. The third-order valence-corrected chi connectivity index (χ3v) is 2.31. The maximum atomic E-state index is 11.4. The van der Waals surface area contributed by atoms with Gasteiger partial charge in [-0.1, -0.05) is 12.1 Å². The largest absolute Gasteiger partial charge is 0.481 e. The SMILES string of the molecule is CCNC(=O)C(C)Oc1ccc(CC(=O)O)cc1. The molecule has 1 aromatic rings. The zero-order chi connectivity index (χ0) is 13.5. The minimum absolute atomic E-state index is 0.0217. The molecule has 18 heavy (non-hydrogen) atoms. The fraction of sp³-hybridized carbons (Fsp3) is 0.385. The van der Waals surface area contributed by atoms with Crippen LogP contribution in [0.5, 0.6) is 5.75 Å². The summed E-state index contributed by atoms with van der Waals surface area (Å²) < 4.78 is 5.43. The van der Waals surface area contributed by atoms with E-state index in [-0.39, 0.29) is 12.3 Å². The van der Waals surface area contributed by atoms with Gasteiger partial charge in [0.05, 0.1) is 6.42 Å². The second-order valence-corrected chi connectivity index (χ2v) is 3.87. The number of carboxylic acids is 1. The fourth-order valence-corrected chi connectivity index (χ4v) is 1.44. The molecular formula is C13H17NO4. The van der Waals surface area contributed by atoms with E-state index in [1.165, 1.54) is 0 Å². The average Bonchev–Trinajstić information content (AvgIpc) is 2.31. The second kappa shape index (κ2) is 6.64. The van der Waals surface area contributed by atoms with Crippen LogP contribution in [0.1, 0.15) is 19.4 Å². The third-order valence-electron chi connectivity index (χ3n) is 2.31. The second-order valence-electron chi connectivity index (χ2n) is 3.87. The van der Waals surface area contributed by atoms with Crippen molar-refractivity contribution in [2.45, 2.75) is 26.4 Å². The van der Waals surface area contributed by atoms with Crippen LogP contribution in [0, 0.1) is 0 Å². The molecular weight excluding hydrogens is 234 g/mol. The number of hydrogen-bond donors (Lipinski definition) is 2. The molecule has 2 N–H and O–H groups in total. The zero-order valence-corrected chi connectivity index (χ0v) is 10.5. The van der Waals surface area contributed by atoms with Crippen LogP contribution in [0.25, 0.3) is 0 Å². The molecule has 0 bridgehead atoms. The summed E-state index contributed by atoms with van der Waals surface area (Å²) in [5.41, 5.74) is 0.695. The minimum atomic E-state index is -0.876. The lowest BCUT2D eigenvalue weighted by atomic mass is 10.1. The summed E-state index contributed by atoms with van der Waals surface area (Å²) in [5, 5.41) is 11.3. The van der Waals surface area contributed by atoms with E-state index in [1.807, 2.05) is 6.92 Å². The number of hydrogen-bond acceptors (Lipinski definition) is 3. The van der Waals surface area contributed by atoms with Gasteiger partial charge in [0.25, 0.3) is 5.91 Å². The lowest BCUT2D eigenvalue weighted by Crippen LogP contribution is -2.36. The summed E-state index contributed by atoms with van der Waals surface area (Å²) in [6.45, 7) is 4.06. The van der Waals surface area contributed by atoms with Gasteiger partial charge >= 0.3 is 5.97 Å². The molecule has 0 aliphatic rings. The Morgan fingerprint density at radius 1 is 1.33 bits per heavy atom. The summed E-state index contributed by atoms with van der Waals surface area (Å²) in [5.74, 6) is -0.505. The quantitative estimate of drug-likeness (QED) is 0.797. The van der Waals surface area contributed by atoms with Crippen molar-refractivity contribution < 1.29 is 19.4 Å². The van der Waals surface area contributed by atoms with Crippen molar-refractivity contribution in [1.82, 2.24) is 5.32 Å². The van der Waals surface area contributed by atoms with Crippen molar-refractivity contribution in [2.75, 3.05) is 6.54 Å².